The number of rotatable bonds is 6. The van der Waals surface area contributed by atoms with Crippen molar-refractivity contribution in [2.75, 3.05) is 30.5 Å². The summed E-state index contributed by atoms with van der Waals surface area (Å²) in [7, 11) is -2.04. The molecule has 0 bridgehead atoms. The van der Waals surface area contributed by atoms with Crippen LogP contribution in [0.4, 0.5) is 11.9 Å². The van der Waals surface area contributed by atoms with E-state index in [1.165, 1.54) is 7.11 Å². The number of nitrogens with one attached hydrogen (secondary N) is 1. The first-order valence-electron chi connectivity index (χ1n) is 4.70. The molecule has 17 heavy (non-hydrogen) atoms. The van der Waals surface area contributed by atoms with E-state index in [2.05, 4.69) is 20.3 Å². The van der Waals surface area contributed by atoms with E-state index in [9.17, 15) is 8.42 Å². The molecule has 0 aliphatic heterocycles. The minimum absolute atomic E-state index is 0.0193. The largest absolute Gasteiger partial charge is 0.467 e. The normalized spacial score (nSPS) is 11.2. The Hall–Kier alpha value is -1.68. The second-order valence-corrected chi connectivity index (χ2v) is 4.89. The van der Waals surface area contributed by atoms with Crippen LogP contribution in [-0.4, -0.2) is 42.8 Å². The van der Waals surface area contributed by atoms with Gasteiger partial charge in [-0.3, -0.25) is 0 Å². The Bertz CT molecular complexity index is 476. The Morgan fingerprint density at radius 1 is 1.35 bits per heavy atom. The van der Waals surface area contributed by atoms with E-state index in [-0.39, 0.29) is 23.7 Å². The number of anilines is 2. The van der Waals surface area contributed by atoms with Crippen LogP contribution >= 0.6 is 0 Å². The van der Waals surface area contributed by atoms with Crippen molar-refractivity contribution in [1.82, 2.24) is 15.0 Å². The van der Waals surface area contributed by atoms with Gasteiger partial charge in [0.25, 0.3) is 0 Å². The lowest BCUT2D eigenvalue weighted by atomic mass is 10.5. The monoisotopic (exact) mass is 262 g/mol. The van der Waals surface area contributed by atoms with Crippen LogP contribution < -0.4 is 20.9 Å². The second-order valence-electron chi connectivity index (χ2n) is 3.15. The van der Waals surface area contributed by atoms with Crippen LogP contribution in [0.1, 0.15) is 6.42 Å². The number of aromatic nitrogens is 3. The van der Waals surface area contributed by atoms with E-state index in [0.29, 0.717) is 13.0 Å². The van der Waals surface area contributed by atoms with Gasteiger partial charge in [0.2, 0.25) is 21.9 Å². The highest BCUT2D eigenvalue weighted by Gasteiger charge is 2.05. The highest BCUT2D eigenvalue weighted by molar-refractivity contribution is 7.89. The minimum Gasteiger partial charge on any atom is -0.467 e. The van der Waals surface area contributed by atoms with Gasteiger partial charge in [-0.1, -0.05) is 0 Å². The van der Waals surface area contributed by atoms with Crippen LogP contribution in [-0.2, 0) is 10.0 Å². The number of hydrogen-bond acceptors (Lipinski definition) is 8. The van der Waals surface area contributed by atoms with Crippen LogP contribution in [0.3, 0.4) is 0 Å². The summed E-state index contributed by atoms with van der Waals surface area (Å²) in [4.78, 5) is 11.4. The third kappa shape index (κ3) is 5.26. The van der Waals surface area contributed by atoms with Gasteiger partial charge < -0.3 is 15.8 Å². The number of sulfonamides is 1. The topological polar surface area (TPSA) is 146 Å². The molecule has 10 heteroatoms. The lowest BCUT2D eigenvalue weighted by molar-refractivity contribution is 0.379. The molecular weight excluding hydrogens is 248 g/mol. The molecule has 96 valence electrons. The smallest absolute Gasteiger partial charge is 0.322 e. The molecule has 0 saturated heterocycles. The summed E-state index contributed by atoms with van der Waals surface area (Å²) in [6.45, 7) is 0.350. The van der Waals surface area contributed by atoms with Crippen molar-refractivity contribution in [3.8, 4) is 6.01 Å². The van der Waals surface area contributed by atoms with Crippen molar-refractivity contribution >= 4 is 21.9 Å². The average Bonchev–Trinajstić information content (AvgIpc) is 2.22. The predicted molar refractivity (Wildman–Crippen MR) is 61.9 cm³/mol. The quantitative estimate of drug-likeness (QED) is 0.528. The summed E-state index contributed by atoms with van der Waals surface area (Å²) >= 11 is 0. The van der Waals surface area contributed by atoms with E-state index in [1.807, 2.05) is 0 Å². The number of ether oxygens (including phenoxy) is 1. The SMILES string of the molecule is COc1nc(N)nc(NCCCS(N)(=O)=O)n1. The number of nitrogens with zero attached hydrogens (tertiary/aromatic N) is 3. The van der Waals surface area contributed by atoms with Gasteiger partial charge in [0, 0.05) is 6.54 Å². The summed E-state index contributed by atoms with van der Waals surface area (Å²) in [5, 5.41) is 7.64. The summed E-state index contributed by atoms with van der Waals surface area (Å²) in [5.41, 5.74) is 5.41. The van der Waals surface area contributed by atoms with Gasteiger partial charge >= 0.3 is 6.01 Å². The molecule has 5 N–H and O–H groups in total. The van der Waals surface area contributed by atoms with Crippen LogP contribution in [0.15, 0.2) is 0 Å². The second kappa shape index (κ2) is 5.59. The molecule has 0 unspecified atom stereocenters. The van der Waals surface area contributed by atoms with Gasteiger partial charge in [0.1, 0.15) is 0 Å². The summed E-state index contributed by atoms with van der Waals surface area (Å²) < 4.78 is 26.1. The Morgan fingerprint density at radius 2 is 2.06 bits per heavy atom. The third-order valence-corrected chi connectivity index (χ3v) is 2.56. The number of nitrogen functional groups attached to an aromatic ring is 1. The first-order chi connectivity index (χ1) is 7.90. The van der Waals surface area contributed by atoms with Crippen LogP contribution in [0, 0.1) is 0 Å². The molecule has 1 aromatic rings. The Labute approximate surface area is 98.7 Å². The molecule has 9 nitrogen and oxygen atoms in total. The van der Waals surface area contributed by atoms with Crippen LogP contribution in [0.5, 0.6) is 6.01 Å². The maximum absolute atomic E-state index is 10.7. The summed E-state index contributed by atoms with van der Waals surface area (Å²) in [5.74, 6) is 0.132. The standard InChI is InChI=1S/C7H14N6O3S/c1-16-7-12-5(8)11-6(13-7)10-3-2-4-17(9,14)15/h2-4H2,1H3,(H2,9,14,15)(H3,8,10,11,12,13). The fraction of sp³-hybridized carbons (Fsp3) is 0.571. The van der Waals surface area contributed by atoms with E-state index >= 15 is 0 Å². The summed E-state index contributed by atoms with van der Waals surface area (Å²) in [6, 6.07) is 0.0893. The van der Waals surface area contributed by atoms with Crippen molar-refractivity contribution < 1.29 is 13.2 Å². The zero-order valence-electron chi connectivity index (χ0n) is 9.25. The number of methoxy groups -OCH3 is 1. The fourth-order valence-corrected chi connectivity index (χ4v) is 1.56. The molecule has 0 radical (unpaired) electrons. The highest BCUT2D eigenvalue weighted by atomic mass is 32.2. The summed E-state index contributed by atoms with van der Waals surface area (Å²) in [6.07, 6.45) is 0.340. The molecule has 1 aromatic heterocycles. The van der Waals surface area contributed by atoms with Gasteiger partial charge in [-0.15, -0.1) is 0 Å². The molecule has 1 heterocycles. The number of nitrogens with two attached hydrogens (primary N) is 2. The first-order valence-corrected chi connectivity index (χ1v) is 6.42. The highest BCUT2D eigenvalue weighted by Crippen LogP contribution is 2.07. The molecule has 1 rings (SSSR count). The number of hydrogen-bond donors (Lipinski definition) is 3. The molecule has 0 aliphatic rings. The first kappa shape index (κ1) is 13.4. The van der Waals surface area contributed by atoms with Gasteiger partial charge in [0.15, 0.2) is 0 Å². The molecule has 0 atom stereocenters. The van der Waals surface area contributed by atoms with E-state index in [4.69, 9.17) is 15.6 Å². The molecule has 0 amide bonds. The zero-order chi connectivity index (χ0) is 12.9. The van der Waals surface area contributed by atoms with Crippen LogP contribution in [0.25, 0.3) is 0 Å². The van der Waals surface area contributed by atoms with Gasteiger partial charge in [-0.2, -0.15) is 15.0 Å². The molecule has 0 aliphatic carbocycles. The molecule has 0 saturated carbocycles. The Kier molecular flexibility index (Phi) is 4.40. The Balaban J connectivity index is 2.49. The van der Waals surface area contributed by atoms with Crippen molar-refractivity contribution in [3.63, 3.8) is 0 Å². The Morgan fingerprint density at radius 3 is 2.65 bits per heavy atom. The van der Waals surface area contributed by atoms with E-state index < -0.39 is 10.0 Å². The lowest BCUT2D eigenvalue weighted by Gasteiger charge is -2.05. The minimum atomic E-state index is -3.44. The third-order valence-electron chi connectivity index (χ3n) is 1.70. The van der Waals surface area contributed by atoms with Crippen molar-refractivity contribution in [1.29, 1.82) is 0 Å². The van der Waals surface area contributed by atoms with Gasteiger partial charge in [-0.25, -0.2) is 13.6 Å². The van der Waals surface area contributed by atoms with E-state index in [1.54, 1.807) is 0 Å². The average molecular weight is 262 g/mol. The van der Waals surface area contributed by atoms with Crippen molar-refractivity contribution in [2.24, 2.45) is 5.14 Å². The molecular formula is C7H14N6O3S. The van der Waals surface area contributed by atoms with Crippen molar-refractivity contribution in [3.05, 3.63) is 0 Å². The van der Waals surface area contributed by atoms with E-state index in [0.717, 1.165) is 0 Å². The van der Waals surface area contributed by atoms with Gasteiger partial charge in [-0.05, 0) is 6.42 Å². The van der Waals surface area contributed by atoms with Crippen molar-refractivity contribution in [2.45, 2.75) is 6.42 Å². The van der Waals surface area contributed by atoms with Gasteiger partial charge in [0.05, 0.1) is 12.9 Å². The predicted octanol–water partition coefficient (Wildman–Crippen LogP) is -1.45. The van der Waals surface area contributed by atoms with Crippen LogP contribution in [0.2, 0.25) is 0 Å². The molecule has 0 aromatic carbocycles. The maximum atomic E-state index is 10.7. The number of primary sulfonamides is 1. The lowest BCUT2D eigenvalue weighted by Crippen LogP contribution is -2.19. The maximum Gasteiger partial charge on any atom is 0.322 e. The molecule has 0 spiro atoms. The molecule has 0 fully saturated rings. The fourth-order valence-electron chi connectivity index (χ4n) is 1.02. The zero-order valence-corrected chi connectivity index (χ0v) is 10.1.